The van der Waals surface area contributed by atoms with Gasteiger partial charge < -0.3 is 10.6 Å². The smallest absolute Gasteiger partial charge is 0.191 e. The van der Waals surface area contributed by atoms with Gasteiger partial charge in [0.05, 0.1) is 5.56 Å². The van der Waals surface area contributed by atoms with Crippen LogP contribution in [0, 0.1) is 11.6 Å². The highest BCUT2D eigenvalue weighted by atomic mass is 35.5. The summed E-state index contributed by atoms with van der Waals surface area (Å²) in [6.07, 6.45) is 1.63. The van der Waals surface area contributed by atoms with Crippen molar-refractivity contribution in [3.05, 3.63) is 70.9 Å². The molecule has 31 heavy (non-hydrogen) atoms. The molecule has 158 valence electrons. The summed E-state index contributed by atoms with van der Waals surface area (Å²) in [5, 5.41) is 10.9. The second-order valence-corrected chi connectivity index (χ2v) is 7.58. The summed E-state index contributed by atoms with van der Waals surface area (Å²) < 4.78 is 29.4. The third kappa shape index (κ3) is 4.10. The molecule has 7 nitrogen and oxygen atoms in total. The van der Waals surface area contributed by atoms with Crippen LogP contribution in [0.25, 0.3) is 28.2 Å². The zero-order valence-corrected chi connectivity index (χ0v) is 17.5. The van der Waals surface area contributed by atoms with E-state index >= 15 is 0 Å². The summed E-state index contributed by atoms with van der Waals surface area (Å²) >= 11 is 5.99. The monoisotopic (exact) mass is 441 g/mol. The molecular weight excluding hydrogens is 424 g/mol. The second kappa shape index (κ2) is 8.37. The zero-order chi connectivity index (χ0) is 22.1. The molecule has 0 saturated heterocycles. The first-order valence-electron chi connectivity index (χ1n) is 9.27. The fraction of sp³-hybridized carbons (Fsp3) is 0.143. The molecule has 2 N–H and O–H groups in total. The van der Waals surface area contributed by atoms with E-state index in [0.29, 0.717) is 5.56 Å². The predicted octanol–water partition coefficient (Wildman–Crippen LogP) is 3.97. The lowest BCUT2D eigenvalue weighted by molar-refractivity contribution is 0.402. The van der Waals surface area contributed by atoms with E-state index in [1.165, 1.54) is 0 Å². The fourth-order valence-corrected chi connectivity index (χ4v) is 3.43. The molecule has 2 aromatic heterocycles. The third-order valence-electron chi connectivity index (χ3n) is 4.65. The van der Waals surface area contributed by atoms with E-state index in [0.717, 1.165) is 40.0 Å². The number of nitrogens with two attached hydrogens (primary N) is 1. The Kier molecular flexibility index (Phi) is 5.62. The van der Waals surface area contributed by atoms with Crippen LogP contribution in [0.1, 0.15) is 5.56 Å². The van der Waals surface area contributed by atoms with Gasteiger partial charge in [-0.2, -0.15) is 4.68 Å². The minimum absolute atomic E-state index is 0.0856. The van der Waals surface area contributed by atoms with Crippen molar-refractivity contribution in [2.45, 2.75) is 6.54 Å². The Bertz CT molecular complexity index is 1240. The van der Waals surface area contributed by atoms with E-state index in [9.17, 15) is 8.78 Å². The minimum atomic E-state index is -0.794. The molecule has 0 fully saturated rings. The first-order valence-corrected chi connectivity index (χ1v) is 9.65. The first-order chi connectivity index (χ1) is 14.8. The van der Waals surface area contributed by atoms with Crippen LogP contribution >= 0.6 is 11.6 Å². The number of tetrazole rings is 1. The molecular formula is C21H18ClF2N7. The largest absolute Gasteiger partial charge is 0.383 e. The Morgan fingerprint density at radius 3 is 2.45 bits per heavy atom. The quantitative estimate of drug-likeness (QED) is 0.472. The Morgan fingerprint density at radius 1 is 1.03 bits per heavy atom. The van der Waals surface area contributed by atoms with Crippen LogP contribution < -0.4 is 5.73 Å². The van der Waals surface area contributed by atoms with Gasteiger partial charge in [-0.05, 0) is 53.8 Å². The number of aromatic nitrogens is 5. The van der Waals surface area contributed by atoms with Crippen LogP contribution in [-0.4, -0.2) is 44.2 Å². The van der Waals surface area contributed by atoms with Crippen molar-refractivity contribution in [2.75, 3.05) is 19.8 Å². The highest BCUT2D eigenvalue weighted by molar-refractivity contribution is 6.32. The number of benzene rings is 2. The predicted molar refractivity (Wildman–Crippen MR) is 115 cm³/mol. The van der Waals surface area contributed by atoms with Gasteiger partial charge in [0, 0.05) is 18.3 Å². The normalized spacial score (nSPS) is 11.3. The molecule has 0 unspecified atom stereocenters. The van der Waals surface area contributed by atoms with E-state index in [1.54, 1.807) is 12.3 Å². The van der Waals surface area contributed by atoms with Crippen LogP contribution in [0.5, 0.6) is 0 Å². The first kappa shape index (κ1) is 20.8. The van der Waals surface area contributed by atoms with Gasteiger partial charge in [-0.3, -0.25) is 0 Å². The van der Waals surface area contributed by atoms with Gasteiger partial charge in [-0.25, -0.2) is 13.8 Å². The van der Waals surface area contributed by atoms with E-state index in [1.807, 2.05) is 38.4 Å². The number of pyridine rings is 1. The van der Waals surface area contributed by atoms with Crippen molar-refractivity contribution in [1.82, 2.24) is 30.1 Å². The molecule has 10 heteroatoms. The average molecular weight is 442 g/mol. The molecule has 0 aliphatic carbocycles. The zero-order valence-electron chi connectivity index (χ0n) is 16.7. The number of halogens is 3. The molecule has 0 amide bonds. The number of nitrogen functional groups attached to an aromatic ring is 1. The number of hydrogen-bond donors (Lipinski definition) is 1. The number of hydrogen-bond acceptors (Lipinski definition) is 6. The molecule has 0 aliphatic rings. The highest BCUT2D eigenvalue weighted by Gasteiger charge is 2.22. The summed E-state index contributed by atoms with van der Waals surface area (Å²) in [6, 6.07) is 11.6. The van der Waals surface area contributed by atoms with Crippen molar-refractivity contribution in [2.24, 2.45) is 0 Å². The molecule has 4 aromatic rings. The van der Waals surface area contributed by atoms with Crippen molar-refractivity contribution >= 4 is 17.4 Å². The van der Waals surface area contributed by atoms with Crippen LogP contribution in [-0.2, 0) is 6.54 Å². The van der Waals surface area contributed by atoms with Gasteiger partial charge in [0.2, 0.25) is 0 Å². The Labute approximate surface area is 182 Å². The van der Waals surface area contributed by atoms with E-state index in [2.05, 4.69) is 25.4 Å². The maximum atomic E-state index is 14.4. The van der Waals surface area contributed by atoms with Crippen molar-refractivity contribution in [3.63, 3.8) is 0 Å². The van der Waals surface area contributed by atoms with Crippen molar-refractivity contribution in [1.29, 1.82) is 0 Å². The molecule has 0 spiro atoms. The summed E-state index contributed by atoms with van der Waals surface area (Å²) in [4.78, 5) is 6.32. The van der Waals surface area contributed by atoms with E-state index in [4.69, 9.17) is 17.3 Å². The lowest BCUT2D eigenvalue weighted by Crippen LogP contribution is -2.10. The van der Waals surface area contributed by atoms with Gasteiger partial charge in [0.25, 0.3) is 0 Å². The third-order valence-corrected chi connectivity index (χ3v) is 5.01. The molecule has 0 saturated carbocycles. The van der Waals surface area contributed by atoms with E-state index in [-0.39, 0.29) is 17.3 Å². The fourth-order valence-electron chi connectivity index (χ4n) is 3.20. The number of rotatable bonds is 5. The van der Waals surface area contributed by atoms with Crippen molar-refractivity contribution in [3.8, 4) is 28.2 Å². The lowest BCUT2D eigenvalue weighted by Gasteiger charge is -2.12. The summed E-state index contributed by atoms with van der Waals surface area (Å²) in [5.74, 6) is -1.35. The maximum Gasteiger partial charge on any atom is 0.191 e. The number of anilines is 1. The molecule has 0 aliphatic heterocycles. The topological polar surface area (TPSA) is 85.8 Å². The van der Waals surface area contributed by atoms with Gasteiger partial charge >= 0.3 is 0 Å². The molecule has 2 aromatic carbocycles. The Morgan fingerprint density at radius 2 is 1.74 bits per heavy atom. The average Bonchev–Trinajstić information content (AvgIpc) is 3.21. The SMILES string of the molecule is CN(C)Cc1ccc(-c2cnc(N)c(-c3nnnn3-c3c(F)ccc(F)c3Cl)c2)cc1. The molecule has 2 heterocycles. The molecule has 0 bridgehead atoms. The van der Waals surface area contributed by atoms with Crippen molar-refractivity contribution < 1.29 is 8.78 Å². The minimum Gasteiger partial charge on any atom is -0.383 e. The Balaban J connectivity index is 1.78. The molecule has 0 radical (unpaired) electrons. The van der Waals surface area contributed by atoms with E-state index < -0.39 is 16.7 Å². The molecule has 0 atom stereocenters. The number of nitrogens with zero attached hydrogens (tertiary/aromatic N) is 6. The van der Waals surface area contributed by atoms with Crippen LogP contribution in [0.15, 0.2) is 48.7 Å². The standard InChI is InChI=1S/C21H18ClF2N7/c1-30(2)11-12-3-5-13(6-4-12)14-9-15(20(25)26-10-14)21-27-28-29-31(21)19-17(24)8-7-16(23)18(19)22/h3-10H,11H2,1-2H3,(H2,25,26). The Hall–Kier alpha value is -3.43. The summed E-state index contributed by atoms with van der Waals surface area (Å²) in [5.41, 5.74) is 8.96. The molecule has 4 rings (SSSR count). The second-order valence-electron chi connectivity index (χ2n) is 7.20. The maximum absolute atomic E-state index is 14.4. The van der Waals surface area contributed by atoms with Crippen LogP contribution in [0.4, 0.5) is 14.6 Å². The van der Waals surface area contributed by atoms with Gasteiger partial charge in [0.1, 0.15) is 22.3 Å². The lowest BCUT2D eigenvalue weighted by atomic mass is 10.0. The van der Waals surface area contributed by atoms with Crippen LogP contribution in [0.3, 0.4) is 0 Å². The van der Waals surface area contributed by atoms with Gasteiger partial charge in [-0.1, -0.05) is 35.9 Å². The van der Waals surface area contributed by atoms with Gasteiger partial charge in [0.15, 0.2) is 11.6 Å². The highest BCUT2D eigenvalue weighted by Crippen LogP contribution is 2.32. The van der Waals surface area contributed by atoms with Gasteiger partial charge in [-0.15, -0.1) is 5.10 Å². The van der Waals surface area contributed by atoms with Crippen LogP contribution in [0.2, 0.25) is 5.02 Å². The summed E-state index contributed by atoms with van der Waals surface area (Å²) in [7, 11) is 4.00. The summed E-state index contributed by atoms with van der Waals surface area (Å²) in [6.45, 7) is 0.820.